The summed E-state index contributed by atoms with van der Waals surface area (Å²) in [7, 11) is 0. The molecule has 1 aliphatic rings. The van der Waals surface area contributed by atoms with Gasteiger partial charge in [0.1, 0.15) is 5.82 Å². The van der Waals surface area contributed by atoms with E-state index in [1.807, 2.05) is 11.5 Å². The van der Waals surface area contributed by atoms with Crippen LogP contribution in [0.25, 0.3) is 0 Å². The van der Waals surface area contributed by atoms with Crippen molar-refractivity contribution >= 4 is 5.97 Å². The highest BCUT2D eigenvalue weighted by atomic mass is 16.4. The zero-order valence-corrected chi connectivity index (χ0v) is 8.73. The molecule has 2 rings (SSSR count). The normalized spacial score (nSPS) is 20.0. The second-order valence-electron chi connectivity index (χ2n) is 3.89. The second kappa shape index (κ2) is 3.66. The molecule has 1 unspecified atom stereocenters. The zero-order valence-electron chi connectivity index (χ0n) is 8.73. The Labute approximate surface area is 87.9 Å². The van der Waals surface area contributed by atoms with Crippen LogP contribution in [-0.4, -0.2) is 26.7 Å². The molecule has 0 saturated carbocycles. The van der Waals surface area contributed by atoms with Crippen molar-refractivity contribution in [3.05, 3.63) is 17.2 Å². The van der Waals surface area contributed by atoms with Gasteiger partial charge in [0.15, 0.2) is 5.69 Å². The standard InChI is InChI=1S/C10H15N3O2/c1-2-8-12-9(10(14)15)7-5-6(11)3-4-13(7)8/h6H,2-5,11H2,1H3,(H,14,15). The van der Waals surface area contributed by atoms with Crippen molar-refractivity contribution < 1.29 is 9.90 Å². The van der Waals surface area contributed by atoms with Crippen LogP contribution in [0.2, 0.25) is 0 Å². The maximum absolute atomic E-state index is 11.0. The van der Waals surface area contributed by atoms with E-state index in [2.05, 4.69) is 4.98 Å². The minimum atomic E-state index is -0.951. The summed E-state index contributed by atoms with van der Waals surface area (Å²) < 4.78 is 2.01. The van der Waals surface area contributed by atoms with Crippen LogP contribution in [0.3, 0.4) is 0 Å². The topological polar surface area (TPSA) is 81.1 Å². The molecule has 0 aromatic carbocycles. The first-order valence-corrected chi connectivity index (χ1v) is 5.20. The van der Waals surface area contributed by atoms with Gasteiger partial charge in [-0.15, -0.1) is 0 Å². The number of hydrogen-bond acceptors (Lipinski definition) is 3. The predicted molar refractivity (Wildman–Crippen MR) is 54.9 cm³/mol. The average molecular weight is 209 g/mol. The number of carboxylic acids is 1. The fourth-order valence-electron chi connectivity index (χ4n) is 2.09. The molecule has 0 spiro atoms. The van der Waals surface area contributed by atoms with Crippen LogP contribution in [0.1, 0.15) is 35.4 Å². The van der Waals surface area contributed by atoms with E-state index in [-0.39, 0.29) is 11.7 Å². The minimum Gasteiger partial charge on any atom is -0.476 e. The van der Waals surface area contributed by atoms with Crippen molar-refractivity contribution in [1.29, 1.82) is 0 Å². The highest BCUT2D eigenvalue weighted by molar-refractivity contribution is 5.87. The lowest BCUT2D eigenvalue weighted by Crippen LogP contribution is -2.31. The molecule has 82 valence electrons. The Kier molecular flexibility index (Phi) is 2.48. The highest BCUT2D eigenvalue weighted by Gasteiger charge is 2.25. The number of hydrogen-bond donors (Lipinski definition) is 2. The fraction of sp³-hybridized carbons (Fsp3) is 0.600. The van der Waals surface area contributed by atoms with E-state index < -0.39 is 5.97 Å². The molecule has 5 heteroatoms. The molecular weight excluding hydrogens is 194 g/mol. The molecule has 1 aliphatic heterocycles. The highest BCUT2D eigenvalue weighted by Crippen LogP contribution is 2.20. The summed E-state index contributed by atoms with van der Waals surface area (Å²) in [5.41, 5.74) is 6.81. The number of imidazole rings is 1. The van der Waals surface area contributed by atoms with Gasteiger partial charge in [0.05, 0.1) is 5.69 Å². The number of fused-ring (bicyclic) bond motifs is 1. The lowest BCUT2D eigenvalue weighted by Gasteiger charge is -2.21. The molecule has 0 fully saturated rings. The third kappa shape index (κ3) is 1.63. The van der Waals surface area contributed by atoms with Gasteiger partial charge in [-0.25, -0.2) is 9.78 Å². The van der Waals surface area contributed by atoms with E-state index in [0.29, 0.717) is 6.42 Å². The largest absolute Gasteiger partial charge is 0.476 e. The predicted octanol–water partition coefficient (Wildman–Crippen LogP) is 0.417. The average Bonchev–Trinajstić information content (AvgIpc) is 2.55. The Hall–Kier alpha value is -1.36. The number of carboxylic acid groups (broad SMARTS) is 1. The summed E-state index contributed by atoms with van der Waals surface area (Å²) in [4.78, 5) is 15.1. The quantitative estimate of drug-likeness (QED) is 0.739. The molecule has 5 nitrogen and oxygen atoms in total. The van der Waals surface area contributed by atoms with Crippen molar-refractivity contribution in [3.8, 4) is 0 Å². The summed E-state index contributed by atoms with van der Waals surface area (Å²) in [5, 5.41) is 9.02. The Bertz CT molecular complexity index is 398. The molecule has 2 heterocycles. The Morgan fingerprint density at radius 2 is 2.47 bits per heavy atom. The van der Waals surface area contributed by atoms with Crippen LogP contribution in [0.15, 0.2) is 0 Å². The van der Waals surface area contributed by atoms with Crippen LogP contribution in [-0.2, 0) is 19.4 Å². The van der Waals surface area contributed by atoms with Gasteiger partial charge in [0.2, 0.25) is 0 Å². The summed E-state index contributed by atoms with van der Waals surface area (Å²) in [6.07, 6.45) is 2.28. The molecule has 0 amide bonds. The van der Waals surface area contributed by atoms with E-state index >= 15 is 0 Å². The smallest absolute Gasteiger partial charge is 0.356 e. The molecule has 0 aliphatic carbocycles. The van der Waals surface area contributed by atoms with Gasteiger partial charge in [0.25, 0.3) is 0 Å². The Morgan fingerprint density at radius 3 is 3.07 bits per heavy atom. The first-order chi connectivity index (χ1) is 7.13. The van der Waals surface area contributed by atoms with Crippen molar-refractivity contribution in [2.24, 2.45) is 5.73 Å². The third-order valence-electron chi connectivity index (χ3n) is 2.85. The first-order valence-electron chi connectivity index (χ1n) is 5.20. The molecule has 1 atom stereocenters. The van der Waals surface area contributed by atoms with Crippen molar-refractivity contribution in [1.82, 2.24) is 9.55 Å². The van der Waals surface area contributed by atoms with Crippen LogP contribution in [0, 0.1) is 0 Å². The lowest BCUT2D eigenvalue weighted by atomic mass is 10.0. The molecule has 0 saturated heterocycles. The summed E-state index contributed by atoms with van der Waals surface area (Å²) in [6.45, 7) is 2.77. The number of aromatic nitrogens is 2. The fourth-order valence-corrected chi connectivity index (χ4v) is 2.09. The number of aromatic carboxylic acids is 1. The van der Waals surface area contributed by atoms with E-state index in [9.17, 15) is 4.79 Å². The number of nitrogens with two attached hydrogens (primary N) is 1. The second-order valence-corrected chi connectivity index (χ2v) is 3.89. The Balaban J connectivity index is 2.50. The van der Waals surface area contributed by atoms with Crippen molar-refractivity contribution in [2.45, 2.75) is 38.8 Å². The number of aryl methyl sites for hydroxylation is 1. The number of nitrogens with zero attached hydrogens (tertiary/aromatic N) is 2. The zero-order chi connectivity index (χ0) is 11.0. The van der Waals surface area contributed by atoms with Gasteiger partial charge >= 0.3 is 5.97 Å². The monoisotopic (exact) mass is 209 g/mol. The maximum Gasteiger partial charge on any atom is 0.356 e. The SMILES string of the molecule is CCc1nc(C(=O)O)c2n1CCC(N)C2. The van der Waals surface area contributed by atoms with E-state index in [1.165, 1.54) is 0 Å². The molecule has 15 heavy (non-hydrogen) atoms. The van der Waals surface area contributed by atoms with Gasteiger partial charge in [-0.05, 0) is 6.42 Å². The summed E-state index contributed by atoms with van der Waals surface area (Å²) in [6, 6.07) is 0.0667. The van der Waals surface area contributed by atoms with Gasteiger partial charge in [0, 0.05) is 25.4 Å². The van der Waals surface area contributed by atoms with Crippen molar-refractivity contribution in [2.75, 3.05) is 0 Å². The van der Waals surface area contributed by atoms with E-state index in [4.69, 9.17) is 10.8 Å². The lowest BCUT2D eigenvalue weighted by molar-refractivity contribution is 0.0689. The molecule has 0 bridgehead atoms. The van der Waals surface area contributed by atoms with Gasteiger partial charge in [-0.2, -0.15) is 0 Å². The molecule has 0 radical (unpaired) electrons. The van der Waals surface area contributed by atoms with E-state index in [0.717, 1.165) is 30.9 Å². The van der Waals surface area contributed by atoms with Crippen LogP contribution in [0.4, 0.5) is 0 Å². The number of carbonyl (C=O) groups is 1. The van der Waals surface area contributed by atoms with Crippen molar-refractivity contribution in [3.63, 3.8) is 0 Å². The van der Waals surface area contributed by atoms with E-state index in [1.54, 1.807) is 0 Å². The van der Waals surface area contributed by atoms with Crippen LogP contribution in [0.5, 0.6) is 0 Å². The van der Waals surface area contributed by atoms with Gasteiger partial charge in [-0.1, -0.05) is 6.92 Å². The first kappa shape index (κ1) is 10.2. The minimum absolute atomic E-state index is 0.0667. The molecular formula is C10H15N3O2. The Morgan fingerprint density at radius 1 is 1.73 bits per heavy atom. The molecule has 1 aromatic heterocycles. The summed E-state index contributed by atoms with van der Waals surface area (Å²) >= 11 is 0. The molecule has 1 aromatic rings. The number of rotatable bonds is 2. The van der Waals surface area contributed by atoms with Gasteiger partial charge < -0.3 is 15.4 Å². The van der Waals surface area contributed by atoms with Gasteiger partial charge in [-0.3, -0.25) is 0 Å². The molecule has 3 N–H and O–H groups in total. The van der Waals surface area contributed by atoms with Crippen LogP contribution < -0.4 is 5.73 Å². The summed E-state index contributed by atoms with van der Waals surface area (Å²) in [5.74, 6) is -0.0955. The third-order valence-corrected chi connectivity index (χ3v) is 2.85. The maximum atomic E-state index is 11.0. The van der Waals surface area contributed by atoms with Crippen LogP contribution >= 0.6 is 0 Å².